The van der Waals surface area contributed by atoms with Crippen LogP contribution in [0.25, 0.3) is 10.8 Å². The number of hydrogen-bond acceptors (Lipinski definition) is 1. The highest BCUT2D eigenvalue weighted by atomic mass is 19.4. The van der Waals surface area contributed by atoms with Crippen LogP contribution < -0.4 is 5.32 Å². The Balaban J connectivity index is 1.83. The fraction of sp³-hybridized carbons (Fsp3) is 0.208. The molecule has 1 N–H and O–H groups in total. The molecule has 1 aliphatic heterocycles. The van der Waals surface area contributed by atoms with E-state index in [1.165, 1.54) is 4.58 Å². The van der Waals surface area contributed by atoms with E-state index in [9.17, 15) is 13.2 Å². The zero-order chi connectivity index (χ0) is 20.6. The van der Waals surface area contributed by atoms with E-state index in [0.717, 1.165) is 22.0 Å². The lowest BCUT2D eigenvalue weighted by Gasteiger charge is -2.17. The van der Waals surface area contributed by atoms with E-state index in [2.05, 4.69) is 5.32 Å². The van der Waals surface area contributed by atoms with Gasteiger partial charge >= 0.3 is 6.18 Å². The van der Waals surface area contributed by atoms with Crippen molar-refractivity contribution in [1.29, 1.82) is 0 Å². The maximum atomic E-state index is 13.4. The number of nitrogens with zero attached hydrogens (tertiary/aromatic N) is 1. The van der Waals surface area contributed by atoms with Crippen molar-refractivity contribution in [3.05, 3.63) is 84.6 Å². The van der Waals surface area contributed by atoms with E-state index in [1.54, 1.807) is 18.3 Å². The van der Waals surface area contributed by atoms with Gasteiger partial charge in [0.25, 0.3) is 0 Å². The van der Waals surface area contributed by atoms with Gasteiger partial charge in [0.05, 0.1) is 5.41 Å². The molecule has 0 bridgehead atoms. The molecule has 0 saturated heterocycles. The largest absolute Gasteiger partial charge is 0.448 e. The molecule has 4 rings (SSSR count). The summed E-state index contributed by atoms with van der Waals surface area (Å²) in [4.78, 5) is 0. The quantitative estimate of drug-likeness (QED) is 0.505. The van der Waals surface area contributed by atoms with Crippen LogP contribution in [0.4, 0.5) is 24.5 Å². The number of alkyl halides is 3. The van der Waals surface area contributed by atoms with Crippen LogP contribution in [-0.2, 0) is 5.41 Å². The number of hydrogen-bond donors (Lipinski definition) is 1. The fourth-order valence-electron chi connectivity index (χ4n) is 4.14. The molecule has 5 heteroatoms. The van der Waals surface area contributed by atoms with Crippen LogP contribution in [0.15, 0.2) is 79.0 Å². The van der Waals surface area contributed by atoms with Gasteiger partial charge in [-0.3, -0.25) is 0 Å². The maximum absolute atomic E-state index is 13.4. The summed E-state index contributed by atoms with van der Waals surface area (Å²) in [6.07, 6.45) is -0.841. The number of para-hydroxylation sites is 1. The average molecular weight is 395 g/mol. The highest BCUT2D eigenvalue weighted by Crippen LogP contribution is 2.44. The normalized spacial score (nSPS) is 15.9. The maximum Gasteiger partial charge on any atom is 0.448 e. The molecule has 0 aliphatic carbocycles. The van der Waals surface area contributed by atoms with E-state index >= 15 is 0 Å². The molecule has 0 atom stereocenters. The molecule has 0 amide bonds. The van der Waals surface area contributed by atoms with Crippen molar-refractivity contribution in [2.45, 2.75) is 25.4 Å². The van der Waals surface area contributed by atoms with Crippen molar-refractivity contribution >= 4 is 27.9 Å². The number of benzene rings is 3. The molecule has 0 unspecified atom stereocenters. The molecule has 1 aliphatic rings. The number of allylic oxidation sites excluding steroid dienone is 1. The smallest absolute Gasteiger partial charge is 0.361 e. The molecule has 0 aromatic heterocycles. The number of halogens is 3. The minimum absolute atomic E-state index is 0.573. The topological polar surface area (TPSA) is 15.0 Å². The summed E-state index contributed by atoms with van der Waals surface area (Å²) in [5.74, 6) is 0. The first-order valence-corrected chi connectivity index (χ1v) is 9.49. The summed E-state index contributed by atoms with van der Waals surface area (Å²) >= 11 is 0. The fourth-order valence-corrected chi connectivity index (χ4v) is 4.14. The summed E-state index contributed by atoms with van der Waals surface area (Å²) in [6, 6.07) is 21.1. The van der Waals surface area contributed by atoms with E-state index < -0.39 is 18.1 Å². The highest BCUT2D eigenvalue weighted by molar-refractivity contribution is 6.07. The summed E-state index contributed by atoms with van der Waals surface area (Å²) in [5.41, 5.74) is 2.47. The number of nitrogens with one attached hydrogen (secondary N) is 1. The molecule has 2 nitrogen and oxygen atoms in total. The third-order valence-corrected chi connectivity index (χ3v) is 5.36. The summed E-state index contributed by atoms with van der Waals surface area (Å²) < 4.78 is 41.7. The minimum Gasteiger partial charge on any atom is -0.361 e. The zero-order valence-electron chi connectivity index (χ0n) is 16.3. The van der Waals surface area contributed by atoms with Crippen molar-refractivity contribution in [3.63, 3.8) is 0 Å². The second-order valence-corrected chi connectivity index (χ2v) is 7.74. The summed E-state index contributed by atoms with van der Waals surface area (Å²) in [6.45, 7) is 2.94. The van der Waals surface area contributed by atoms with Crippen LogP contribution in [0.3, 0.4) is 0 Å². The first-order valence-electron chi connectivity index (χ1n) is 9.49. The lowest BCUT2D eigenvalue weighted by atomic mass is 9.79. The van der Waals surface area contributed by atoms with Crippen LogP contribution in [-0.4, -0.2) is 23.0 Å². The average Bonchev–Trinajstić information content (AvgIpc) is 2.89. The van der Waals surface area contributed by atoms with E-state index in [1.807, 2.05) is 74.5 Å². The van der Waals surface area contributed by atoms with E-state index in [0.29, 0.717) is 11.4 Å². The minimum atomic E-state index is -4.31. The van der Waals surface area contributed by atoms with Gasteiger partial charge in [-0.15, -0.1) is 0 Å². The van der Waals surface area contributed by atoms with Crippen molar-refractivity contribution in [1.82, 2.24) is 0 Å². The molecule has 3 aromatic rings. The lowest BCUT2D eigenvalue weighted by molar-refractivity contribution is -0.480. The van der Waals surface area contributed by atoms with Gasteiger partial charge in [0.15, 0.2) is 5.71 Å². The Bertz CT molecular complexity index is 1110. The van der Waals surface area contributed by atoms with Crippen molar-refractivity contribution in [3.8, 4) is 0 Å². The molecular formula is C24H22F3N2+. The monoisotopic (exact) mass is 395 g/mol. The third-order valence-electron chi connectivity index (χ3n) is 5.36. The Morgan fingerprint density at radius 2 is 1.62 bits per heavy atom. The van der Waals surface area contributed by atoms with Gasteiger partial charge in [-0.05, 0) is 42.8 Å². The zero-order valence-corrected chi connectivity index (χ0v) is 16.3. The first kappa shape index (κ1) is 19.2. The predicted molar refractivity (Wildman–Crippen MR) is 112 cm³/mol. The van der Waals surface area contributed by atoms with Gasteiger partial charge in [-0.25, -0.2) is 0 Å². The molecule has 0 saturated carbocycles. The highest BCUT2D eigenvalue weighted by Gasteiger charge is 2.49. The van der Waals surface area contributed by atoms with Gasteiger partial charge in [0.2, 0.25) is 12.2 Å². The Kier molecular flexibility index (Phi) is 4.69. The second kappa shape index (κ2) is 7.07. The van der Waals surface area contributed by atoms with Crippen molar-refractivity contribution in [2.24, 2.45) is 0 Å². The van der Waals surface area contributed by atoms with E-state index in [-0.39, 0.29) is 0 Å². The van der Waals surface area contributed by atoms with Crippen LogP contribution in [0.5, 0.6) is 0 Å². The molecular weight excluding hydrogens is 373 g/mol. The number of rotatable bonds is 4. The van der Waals surface area contributed by atoms with Crippen LogP contribution >= 0.6 is 0 Å². The first-order chi connectivity index (χ1) is 13.8. The Hall–Kier alpha value is -3.08. The SMILES string of the molecule is CC1(C)C(C=CNc2ccccc2)=[N+](CC(F)(F)F)c2ccc3ccccc3c21. The molecule has 0 radical (unpaired) electrons. The molecule has 0 fully saturated rings. The number of anilines is 1. The lowest BCUT2D eigenvalue weighted by Crippen LogP contribution is -2.31. The molecule has 148 valence electrons. The van der Waals surface area contributed by atoms with Crippen LogP contribution in [0.1, 0.15) is 19.4 Å². The van der Waals surface area contributed by atoms with Gasteiger partial charge in [-0.1, -0.05) is 42.5 Å². The van der Waals surface area contributed by atoms with Gasteiger partial charge in [0, 0.05) is 29.6 Å². The van der Waals surface area contributed by atoms with Gasteiger partial charge in [0.1, 0.15) is 0 Å². The van der Waals surface area contributed by atoms with Crippen molar-refractivity contribution in [2.75, 3.05) is 11.9 Å². The Morgan fingerprint density at radius 3 is 2.34 bits per heavy atom. The molecule has 29 heavy (non-hydrogen) atoms. The number of fused-ring (bicyclic) bond motifs is 3. The Labute approximate surface area is 168 Å². The van der Waals surface area contributed by atoms with Gasteiger partial charge in [-0.2, -0.15) is 17.7 Å². The summed E-state index contributed by atoms with van der Waals surface area (Å²) in [5, 5.41) is 5.16. The van der Waals surface area contributed by atoms with E-state index in [4.69, 9.17) is 0 Å². The Morgan fingerprint density at radius 1 is 0.931 bits per heavy atom. The van der Waals surface area contributed by atoms with Gasteiger partial charge < -0.3 is 5.32 Å². The standard InChI is InChI=1S/C24H21F3N2/c1-23(2)21(14-15-28-18-9-4-3-5-10-18)29(16-24(25,26)27)20-13-12-17-8-6-7-11-19(17)22(20)23/h3-15H,16H2,1-2H3/p+1. The molecule has 3 aromatic carbocycles. The molecule has 0 spiro atoms. The predicted octanol–water partition coefficient (Wildman–Crippen LogP) is 6.40. The van der Waals surface area contributed by atoms with Crippen LogP contribution in [0.2, 0.25) is 0 Å². The third kappa shape index (κ3) is 3.65. The second-order valence-electron chi connectivity index (χ2n) is 7.74. The van der Waals surface area contributed by atoms with Crippen molar-refractivity contribution < 1.29 is 17.7 Å². The summed E-state index contributed by atoms with van der Waals surface area (Å²) in [7, 11) is 0. The molecule has 1 heterocycles. The van der Waals surface area contributed by atoms with Crippen LogP contribution in [0, 0.1) is 0 Å².